The predicted octanol–water partition coefficient (Wildman–Crippen LogP) is 3.15. The number of hydrogen-bond acceptors (Lipinski definition) is 5. The Morgan fingerprint density at radius 2 is 2.10 bits per heavy atom. The summed E-state index contributed by atoms with van der Waals surface area (Å²) in [6.07, 6.45) is 0.802. The average molecular weight is 275 g/mol. The summed E-state index contributed by atoms with van der Waals surface area (Å²) in [5.41, 5.74) is 1.37. The molecule has 0 fully saturated rings. The lowest BCUT2D eigenvalue weighted by molar-refractivity contribution is -0.383. The summed E-state index contributed by atoms with van der Waals surface area (Å²) >= 11 is 0. The van der Waals surface area contributed by atoms with E-state index >= 15 is 0 Å². The van der Waals surface area contributed by atoms with E-state index in [0.29, 0.717) is 17.1 Å². The number of anilines is 1. The fourth-order valence-corrected chi connectivity index (χ4v) is 2.13. The van der Waals surface area contributed by atoms with Gasteiger partial charge in [0.15, 0.2) is 5.52 Å². The minimum atomic E-state index is -0.431. The highest BCUT2D eigenvalue weighted by Gasteiger charge is 2.18. The second-order valence-electron chi connectivity index (χ2n) is 4.36. The number of nitrogens with zero attached hydrogens (tertiary/aromatic N) is 2. The van der Waals surface area contributed by atoms with Gasteiger partial charge in [-0.15, -0.1) is 0 Å². The number of aromatic nitrogens is 1. The molecule has 0 saturated carbocycles. The van der Waals surface area contributed by atoms with Gasteiger partial charge in [-0.3, -0.25) is 10.1 Å². The Morgan fingerprint density at radius 3 is 2.65 bits per heavy atom. The molecule has 6 heteroatoms. The fraction of sp³-hybridized carbons (Fsp3) is 0.357. The molecule has 0 aliphatic carbocycles. The van der Waals surface area contributed by atoms with Crippen LogP contribution in [0, 0.1) is 10.1 Å². The van der Waals surface area contributed by atoms with E-state index in [1.165, 1.54) is 13.2 Å². The van der Waals surface area contributed by atoms with Crippen LogP contribution in [-0.2, 0) is 6.42 Å². The molecule has 0 aliphatic rings. The molecule has 0 bridgehead atoms. The van der Waals surface area contributed by atoms with Crippen LogP contribution in [0.25, 0.3) is 10.9 Å². The maximum absolute atomic E-state index is 11.2. The van der Waals surface area contributed by atoms with E-state index in [2.05, 4.69) is 10.3 Å². The Kier molecular flexibility index (Phi) is 4.02. The molecule has 0 aliphatic heterocycles. The second-order valence-corrected chi connectivity index (χ2v) is 4.36. The first-order valence-electron chi connectivity index (χ1n) is 6.50. The van der Waals surface area contributed by atoms with Crippen LogP contribution >= 0.6 is 0 Å². The number of aryl methyl sites for hydroxylation is 1. The van der Waals surface area contributed by atoms with Crippen LogP contribution in [0.2, 0.25) is 0 Å². The van der Waals surface area contributed by atoms with Crippen LogP contribution in [0.4, 0.5) is 11.5 Å². The van der Waals surface area contributed by atoms with E-state index in [-0.39, 0.29) is 5.69 Å². The standard InChI is InChI=1S/C14H17N3O3/c1-4-9-6-10-7-11(20-3)8-12(17(18)19)13(10)16-14(9)15-5-2/h6-8H,4-5H2,1-3H3,(H,15,16). The number of ether oxygens (including phenoxy) is 1. The van der Waals surface area contributed by atoms with E-state index in [0.717, 1.165) is 23.9 Å². The summed E-state index contributed by atoms with van der Waals surface area (Å²) in [7, 11) is 1.49. The summed E-state index contributed by atoms with van der Waals surface area (Å²) in [6.45, 7) is 4.71. The molecule has 0 atom stereocenters. The molecule has 1 N–H and O–H groups in total. The largest absolute Gasteiger partial charge is 0.496 e. The van der Waals surface area contributed by atoms with Gasteiger partial charge in [0.2, 0.25) is 0 Å². The molecule has 0 amide bonds. The first-order valence-corrected chi connectivity index (χ1v) is 6.50. The van der Waals surface area contributed by atoms with Gasteiger partial charge >= 0.3 is 0 Å². The van der Waals surface area contributed by atoms with Gasteiger partial charge in [-0.1, -0.05) is 6.92 Å². The van der Waals surface area contributed by atoms with Crippen LogP contribution in [0.5, 0.6) is 5.75 Å². The highest BCUT2D eigenvalue weighted by Crippen LogP contribution is 2.32. The zero-order chi connectivity index (χ0) is 14.7. The monoisotopic (exact) mass is 275 g/mol. The van der Waals surface area contributed by atoms with Crippen LogP contribution in [0.1, 0.15) is 19.4 Å². The Morgan fingerprint density at radius 1 is 1.35 bits per heavy atom. The van der Waals surface area contributed by atoms with E-state index in [4.69, 9.17) is 4.74 Å². The van der Waals surface area contributed by atoms with Crippen LogP contribution in [-0.4, -0.2) is 23.6 Å². The molecule has 6 nitrogen and oxygen atoms in total. The number of nitrogens with one attached hydrogen (secondary N) is 1. The van der Waals surface area contributed by atoms with Gasteiger partial charge < -0.3 is 10.1 Å². The van der Waals surface area contributed by atoms with Gasteiger partial charge in [0.25, 0.3) is 5.69 Å². The third kappa shape index (κ3) is 2.49. The summed E-state index contributed by atoms with van der Waals surface area (Å²) in [6, 6.07) is 5.09. The number of methoxy groups -OCH3 is 1. The predicted molar refractivity (Wildman–Crippen MR) is 78.5 cm³/mol. The molecular weight excluding hydrogens is 258 g/mol. The van der Waals surface area contributed by atoms with E-state index in [1.807, 2.05) is 19.9 Å². The number of nitro benzene ring substituents is 1. The third-order valence-electron chi connectivity index (χ3n) is 3.11. The van der Waals surface area contributed by atoms with Crippen molar-refractivity contribution in [2.45, 2.75) is 20.3 Å². The number of benzene rings is 1. The van der Waals surface area contributed by atoms with Crippen molar-refractivity contribution in [2.24, 2.45) is 0 Å². The smallest absolute Gasteiger partial charge is 0.299 e. The van der Waals surface area contributed by atoms with Gasteiger partial charge in [0.1, 0.15) is 11.6 Å². The van der Waals surface area contributed by atoms with Crippen molar-refractivity contribution in [1.82, 2.24) is 4.98 Å². The van der Waals surface area contributed by atoms with Gasteiger partial charge in [-0.2, -0.15) is 0 Å². The van der Waals surface area contributed by atoms with Crippen LogP contribution < -0.4 is 10.1 Å². The first kappa shape index (κ1) is 14.0. The number of rotatable bonds is 5. The number of hydrogen-bond donors (Lipinski definition) is 1. The topological polar surface area (TPSA) is 77.3 Å². The molecule has 106 valence electrons. The number of fused-ring (bicyclic) bond motifs is 1. The second kappa shape index (κ2) is 5.73. The van der Waals surface area contributed by atoms with Gasteiger partial charge in [0, 0.05) is 11.9 Å². The molecule has 1 heterocycles. The van der Waals surface area contributed by atoms with Crippen molar-refractivity contribution in [3.63, 3.8) is 0 Å². The average Bonchev–Trinajstić information content (AvgIpc) is 2.45. The van der Waals surface area contributed by atoms with Gasteiger partial charge in [-0.05, 0) is 31.0 Å². The molecule has 2 aromatic rings. The maximum atomic E-state index is 11.2. The minimum absolute atomic E-state index is 0.0406. The fourth-order valence-electron chi connectivity index (χ4n) is 2.13. The zero-order valence-electron chi connectivity index (χ0n) is 11.8. The number of pyridine rings is 1. The Balaban J connectivity index is 2.76. The normalized spacial score (nSPS) is 10.6. The Hall–Kier alpha value is -2.37. The van der Waals surface area contributed by atoms with Crippen LogP contribution in [0.3, 0.4) is 0 Å². The number of non-ortho nitro benzene ring substituents is 1. The molecule has 0 radical (unpaired) electrons. The summed E-state index contributed by atoms with van der Waals surface area (Å²) in [5.74, 6) is 1.17. The summed E-state index contributed by atoms with van der Waals surface area (Å²) in [4.78, 5) is 15.2. The van der Waals surface area contributed by atoms with E-state index in [1.54, 1.807) is 6.07 Å². The molecular formula is C14H17N3O3. The summed E-state index contributed by atoms with van der Waals surface area (Å²) in [5, 5.41) is 15.1. The molecule has 1 aromatic carbocycles. The molecule has 2 rings (SSSR count). The minimum Gasteiger partial charge on any atom is -0.496 e. The van der Waals surface area contributed by atoms with Gasteiger partial charge in [-0.25, -0.2) is 4.98 Å². The van der Waals surface area contributed by atoms with Crippen molar-refractivity contribution in [3.8, 4) is 5.75 Å². The highest BCUT2D eigenvalue weighted by molar-refractivity contribution is 5.90. The number of nitro groups is 1. The van der Waals surface area contributed by atoms with Crippen molar-refractivity contribution < 1.29 is 9.66 Å². The van der Waals surface area contributed by atoms with Crippen molar-refractivity contribution in [1.29, 1.82) is 0 Å². The van der Waals surface area contributed by atoms with Gasteiger partial charge in [0.05, 0.1) is 18.1 Å². The van der Waals surface area contributed by atoms with Crippen molar-refractivity contribution in [2.75, 3.05) is 19.0 Å². The first-order chi connectivity index (χ1) is 9.60. The maximum Gasteiger partial charge on any atom is 0.299 e. The summed E-state index contributed by atoms with van der Waals surface area (Å²) < 4.78 is 5.12. The lowest BCUT2D eigenvalue weighted by Crippen LogP contribution is -2.04. The highest BCUT2D eigenvalue weighted by atomic mass is 16.6. The molecule has 1 aromatic heterocycles. The lowest BCUT2D eigenvalue weighted by Gasteiger charge is -2.11. The zero-order valence-corrected chi connectivity index (χ0v) is 11.8. The Labute approximate surface area is 116 Å². The Bertz CT molecular complexity index is 656. The SMILES string of the molecule is CCNc1nc2c([N+](=O)[O-])cc(OC)cc2cc1CC. The third-order valence-corrected chi connectivity index (χ3v) is 3.11. The van der Waals surface area contributed by atoms with Crippen LogP contribution in [0.15, 0.2) is 18.2 Å². The molecule has 0 unspecified atom stereocenters. The van der Waals surface area contributed by atoms with Crippen molar-refractivity contribution >= 4 is 22.4 Å². The molecule has 0 saturated heterocycles. The van der Waals surface area contributed by atoms with E-state index < -0.39 is 4.92 Å². The molecule has 20 heavy (non-hydrogen) atoms. The quantitative estimate of drug-likeness (QED) is 0.670. The molecule has 0 spiro atoms. The lowest BCUT2D eigenvalue weighted by atomic mass is 10.1. The van der Waals surface area contributed by atoms with E-state index in [9.17, 15) is 10.1 Å². The van der Waals surface area contributed by atoms with Crippen molar-refractivity contribution in [3.05, 3.63) is 33.9 Å².